The van der Waals surface area contributed by atoms with Crippen LogP contribution in [0.2, 0.25) is 0 Å². The van der Waals surface area contributed by atoms with Gasteiger partial charge >= 0.3 is 0 Å². The van der Waals surface area contributed by atoms with Crippen molar-refractivity contribution < 1.29 is 14.3 Å². The van der Waals surface area contributed by atoms with Gasteiger partial charge in [-0.2, -0.15) is 0 Å². The van der Waals surface area contributed by atoms with Gasteiger partial charge in [0.25, 0.3) is 0 Å². The molecule has 3 aromatic rings. The van der Waals surface area contributed by atoms with E-state index >= 15 is 0 Å². The summed E-state index contributed by atoms with van der Waals surface area (Å²) >= 11 is 1.43. The van der Waals surface area contributed by atoms with E-state index in [1.165, 1.54) is 11.8 Å². The molecule has 0 bridgehead atoms. The lowest BCUT2D eigenvalue weighted by molar-refractivity contribution is -0.117. The maximum atomic E-state index is 13.6. The lowest BCUT2D eigenvalue weighted by Crippen LogP contribution is -2.42. The molecule has 1 aromatic heterocycles. The van der Waals surface area contributed by atoms with Crippen LogP contribution in [0.5, 0.6) is 5.75 Å². The number of morpholine rings is 1. The van der Waals surface area contributed by atoms with Gasteiger partial charge in [0.15, 0.2) is 5.16 Å². The Hall–Kier alpha value is -3.04. The Balaban J connectivity index is 1.37. The minimum Gasteiger partial charge on any atom is -0.489 e. The molecule has 0 aliphatic carbocycles. The van der Waals surface area contributed by atoms with Gasteiger partial charge in [-0.15, -0.1) is 10.2 Å². The molecule has 172 valence electrons. The highest BCUT2D eigenvalue weighted by atomic mass is 32.2. The van der Waals surface area contributed by atoms with Crippen LogP contribution in [0.3, 0.4) is 0 Å². The van der Waals surface area contributed by atoms with Gasteiger partial charge in [0.2, 0.25) is 11.9 Å². The van der Waals surface area contributed by atoms with E-state index in [1.54, 1.807) is 0 Å². The summed E-state index contributed by atoms with van der Waals surface area (Å²) in [4.78, 5) is 17.7. The maximum Gasteiger partial charge on any atom is 0.238 e. The summed E-state index contributed by atoms with van der Waals surface area (Å²) in [6.45, 7) is 6.20. The van der Waals surface area contributed by atoms with Crippen LogP contribution >= 0.6 is 11.8 Å². The zero-order valence-electron chi connectivity index (χ0n) is 18.6. The van der Waals surface area contributed by atoms with Crippen LogP contribution < -0.4 is 14.5 Å². The van der Waals surface area contributed by atoms with Crippen molar-refractivity contribution in [2.24, 2.45) is 0 Å². The minimum atomic E-state index is -0.179. The van der Waals surface area contributed by atoms with Crippen LogP contribution in [0.1, 0.15) is 18.5 Å². The molecule has 2 aliphatic rings. The number of amides is 1. The van der Waals surface area contributed by atoms with E-state index < -0.39 is 0 Å². The number of benzene rings is 2. The number of hydrogen-bond acceptors (Lipinski definition) is 7. The van der Waals surface area contributed by atoms with Gasteiger partial charge in [0.05, 0.1) is 30.7 Å². The highest BCUT2D eigenvalue weighted by Gasteiger charge is 2.33. The first-order valence-electron chi connectivity index (χ1n) is 11.2. The number of rotatable bonds is 6. The SMILES string of the molecule is CCn1c(SCC(=O)N2c3ccccc3OC[C@@H]2c2ccccc2)nnc1N1CCOCC1. The quantitative estimate of drug-likeness (QED) is 0.517. The smallest absolute Gasteiger partial charge is 0.238 e. The van der Waals surface area contributed by atoms with Crippen molar-refractivity contribution in [1.29, 1.82) is 0 Å². The predicted molar refractivity (Wildman–Crippen MR) is 128 cm³/mol. The Kier molecular flexibility index (Phi) is 6.50. The molecule has 0 N–H and O–H groups in total. The van der Waals surface area contributed by atoms with Gasteiger partial charge in [-0.05, 0) is 24.6 Å². The van der Waals surface area contributed by atoms with Crippen molar-refractivity contribution in [1.82, 2.24) is 14.8 Å². The lowest BCUT2D eigenvalue weighted by Gasteiger charge is -2.37. The number of ether oxygens (including phenoxy) is 2. The van der Waals surface area contributed by atoms with Crippen molar-refractivity contribution in [2.45, 2.75) is 24.7 Å². The lowest BCUT2D eigenvalue weighted by atomic mass is 10.0. The normalized spacial score (nSPS) is 18.0. The molecule has 0 unspecified atom stereocenters. The maximum absolute atomic E-state index is 13.6. The zero-order valence-corrected chi connectivity index (χ0v) is 19.4. The highest BCUT2D eigenvalue weighted by Crippen LogP contribution is 2.40. The van der Waals surface area contributed by atoms with Crippen LogP contribution in [0, 0.1) is 0 Å². The highest BCUT2D eigenvalue weighted by molar-refractivity contribution is 7.99. The topological polar surface area (TPSA) is 72.7 Å². The molecule has 0 spiro atoms. The zero-order chi connectivity index (χ0) is 22.6. The number of fused-ring (bicyclic) bond motifs is 1. The van der Waals surface area contributed by atoms with Gasteiger partial charge < -0.3 is 14.4 Å². The molecule has 1 saturated heterocycles. The summed E-state index contributed by atoms with van der Waals surface area (Å²) in [7, 11) is 0. The van der Waals surface area contributed by atoms with E-state index in [0.29, 0.717) is 19.8 Å². The Morgan fingerprint density at radius 1 is 1.06 bits per heavy atom. The summed E-state index contributed by atoms with van der Waals surface area (Å²) < 4.78 is 13.5. The van der Waals surface area contributed by atoms with Crippen molar-refractivity contribution in [2.75, 3.05) is 48.5 Å². The Bertz CT molecular complexity index is 1100. The molecule has 2 aromatic carbocycles. The van der Waals surface area contributed by atoms with Crippen LogP contribution in [-0.4, -0.2) is 59.3 Å². The van der Waals surface area contributed by atoms with Crippen LogP contribution in [0.15, 0.2) is 59.8 Å². The third-order valence-electron chi connectivity index (χ3n) is 5.92. The molecule has 9 heteroatoms. The Labute approximate surface area is 197 Å². The van der Waals surface area contributed by atoms with Crippen LogP contribution in [-0.2, 0) is 16.1 Å². The molecule has 2 aliphatic heterocycles. The second-order valence-electron chi connectivity index (χ2n) is 7.88. The first kappa shape index (κ1) is 21.8. The second-order valence-corrected chi connectivity index (χ2v) is 8.83. The molecule has 33 heavy (non-hydrogen) atoms. The molecule has 1 atom stereocenters. The summed E-state index contributed by atoms with van der Waals surface area (Å²) in [5.74, 6) is 1.85. The van der Waals surface area contributed by atoms with Gasteiger partial charge in [-0.25, -0.2) is 0 Å². The fourth-order valence-corrected chi connectivity index (χ4v) is 5.13. The fraction of sp³-hybridized carbons (Fsp3) is 0.375. The third-order valence-corrected chi connectivity index (χ3v) is 6.87. The second kappa shape index (κ2) is 9.84. The van der Waals surface area contributed by atoms with Crippen LogP contribution in [0.25, 0.3) is 0 Å². The number of aromatic nitrogens is 3. The summed E-state index contributed by atoms with van der Waals surface area (Å²) in [6, 6.07) is 17.6. The van der Waals surface area contributed by atoms with E-state index in [4.69, 9.17) is 9.47 Å². The van der Waals surface area contributed by atoms with E-state index in [0.717, 1.165) is 47.7 Å². The Morgan fingerprint density at radius 2 is 1.82 bits per heavy atom. The number of anilines is 2. The largest absolute Gasteiger partial charge is 0.489 e. The molecule has 1 fully saturated rings. The van der Waals surface area contributed by atoms with Gasteiger partial charge in [-0.1, -0.05) is 54.2 Å². The summed E-state index contributed by atoms with van der Waals surface area (Å²) in [6.07, 6.45) is 0. The number of hydrogen-bond donors (Lipinski definition) is 0. The summed E-state index contributed by atoms with van der Waals surface area (Å²) in [5, 5.41) is 9.57. The van der Waals surface area contributed by atoms with Gasteiger partial charge in [0.1, 0.15) is 12.4 Å². The van der Waals surface area contributed by atoms with Crippen molar-refractivity contribution in [3.63, 3.8) is 0 Å². The van der Waals surface area contributed by atoms with Gasteiger partial charge in [0, 0.05) is 19.6 Å². The van der Waals surface area contributed by atoms with E-state index in [1.807, 2.05) is 59.5 Å². The predicted octanol–water partition coefficient (Wildman–Crippen LogP) is 3.39. The number of para-hydroxylation sites is 2. The summed E-state index contributed by atoms with van der Waals surface area (Å²) in [5.41, 5.74) is 1.85. The molecular formula is C24H27N5O3S. The number of nitrogens with zero attached hydrogens (tertiary/aromatic N) is 5. The number of carbonyl (C=O) groups is 1. The number of carbonyl (C=O) groups excluding carboxylic acids is 1. The molecule has 0 saturated carbocycles. The average Bonchev–Trinajstić information content (AvgIpc) is 3.30. The van der Waals surface area contributed by atoms with Crippen molar-refractivity contribution >= 4 is 29.3 Å². The van der Waals surface area contributed by atoms with E-state index in [2.05, 4.69) is 26.6 Å². The molecule has 3 heterocycles. The molecule has 8 nitrogen and oxygen atoms in total. The molecule has 5 rings (SSSR count). The average molecular weight is 466 g/mol. The minimum absolute atomic E-state index is 0.0168. The first-order chi connectivity index (χ1) is 16.3. The Morgan fingerprint density at radius 3 is 2.61 bits per heavy atom. The monoisotopic (exact) mass is 465 g/mol. The van der Waals surface area contributed by atoms with Crippen LogP contribution in [0.4, 0.5) is 11.6 Å². The molecule has 1 amide bonds. The standard InChI is InChI=1S/C24H27N5O3S/c1-2-28-23(27-12-14-31-15-13-27)25-26-24(28)33-17-22(30)29-19-10-6-7-11-21(19)32-16-20(29)18-8-4-3-5-9-18/h3-11,20H,2,12-17H2,1H3/t20-/m1/s1. The number of thioether (sulfide) groups is 1. The molecule has 0 radical (unpaired) electrons. The van der Waals surface area contributed by atoms with E-state index in [9.17, 15) is 4.79 Å². The fourth-order valence-electron chi connectivity index (χ4n) is 4.28. The third kappa shape index (κ3) is 4.43. The van der Waals surface area contributed by atoms with E-state index in [-0.39, 0.29) is 17.7 Å². The van der Waals surface area contributed by atoms with Crippen molar-refractivity contribution in [3.05, 3.63) is 60.2 Å². The van der Waals surface area contributed by atoms with Crippen molar-refractivity contribution in [3.8, 4) is 5.75 Å². The molecular weight excluding hydrogens is 438 g/mol. The first-order valence-corrected chi connectivity index (χ1v) is 12.2. The van der Waals surface area contributed by atoms with Gasteiger partial charge in [-0.3, -0.25) is 14.3 Å².